The number of amides is 1. The van der Waals surface area contributed by atoms with Crippen molar-refractivity contribution in [2.24, 2.45) is 11.7 Å². The van der Waals surface area contributed by atoms with E-state index < -0.39 is 0 Å². The molecule has 3 nitrogen and oxygen atoms in total. The van der Waals surface area contributed by atoms with E-state index in [0.29, 0.717) is 5.02 Å². The lowest BCUT2D eigenvalue weighted by Crippen LogP contribution is -2.34. The predicted octanol–water partition coefficient (Wildman–Crippen LogP) is 2.99. The van der Waals surface area contributed by atoms with Crippen molar-refractivity contribution in [2.75, 3.05) is 7.05 Å². The van der Waals surface area contributed by atoms with Crippen LogP contribution in [0, 0.1) is 5.92 Å². The summed E-state index contributed by atoms with van der Waals surface area (Å²) in [6.45, 7) is 2.04. The molecule has 0 heterocycles. The van der Waals surface area contributed by atoms with E-state index in [2.05, 4.69) is 0 Å². The second-order valence-corrected chi connectivity index (χ2v) is 5.88. The zero-order chi connectivity index (χ0) is 14.0. The van der Waals surface area contributed by atoms with E-state index in [1.54, 1.807) is 0 Å². The molecule has 0 radical (unpaired) electrons. The van der Waals surface area contributed by atoms with Gasteiger partial charge in [0.15, 0.2) is 0 Å². The minimum absolute atomic E-state index is 0.0570. The minimum Gasteiger partial charge on any atom is -0.339 e. The maximum atomic E-state index is 12.4. The average Bonchev–Trinajstić information content (AvgIpc) is 2.84. The standard InChI is InChI=1S/C15H21ClN2O/c1-10(11-3-6-13(16)7-4-11)18(2)15(19)12-5-8-14(17)9-12/h3-4,6-7,10,12,14H,5,8-9,17H2,1-2H3. The molecular weight excluding hydrogens is 260 g/mol. The molecule has 3 unspecified atom stereocenters. The molecule has 0 aliphatic heterocycles. The van der Waals surface area contributed by atoms with Crippen molar-refractivity contribution in [3.05, 3.63) is 34.9 Å². The quantitative estimate of drug-likeness (QED) is 0.925. The van der Waals surface area contributed by atoms with E-state index in [1.165, 1.54) is 0 Å². The molecule has 1 aliphatic carbocycles. The number of carbonyl (C=O) groups is 1. The molecule has 1 saturated carbocycles. The molecule has 104 valence electrons. The first-order valence-electron chi connectivity index (χ1n) is 6.76. The van der Waals surface area contributed by atoms with Crippen molar-refractivity contribution in [2.45, 2.75) is 38.3 Å². The molecule has 1 aromatic carbocycles. The van der Waals surface area contributed by atoms with Crippen LogP contribution < -0.4 is 5.73 Å². The Morgan fingerprint density at radius 1 is 1.37 bits per heavy atom. The number of hydrogen-bond donors (Lipinski definition) is 1. The lowest BCUT2D eigenvalue weighted by Gasteiger charge is -2.28. The van der Waals surface area contributed by atoms with Gasteiger partial charge < -0.3 is 10.6 Å². The molecule has 3 atom stereocenters. The highest BCUT2D eigenvalue weighted by Crippen LogP contribution is 2.29. The Balaban J connectivity index is 2.04. The number of rotatable bonds is 3. The Bertz CT molecular complexity index is 446. The van der Waals surface area contributed by atoms with Gasteiger partial charge in [-0.25, -0.2) is 0 Å². The zero-order valence-electron chi connectivity index (χ0n) is 11.5. The van der Waals surface area contributed by atoms with E-state index >= 15 is 0 Å². The lowest BCUT2D eigenvalue weighted by atomic mass is 10.0. The number of hydrogen-bond acceptors (Lipinski definition) is 2. The number of carbonyl (C=O) groups excluding carboxylic acids is 1. The van der Waals surface area contributed by atoms with Gasteiger partial charge >= 0.3 is 0 Å². The summed E-state index contributed by atoms with van der Waals surface area (Å²) in [6, 6.07) is 7.90. The Labute approximate surface area is 119 Å². The second kappa shape index (κ2) is 5.93. The van der Waals surface area contributed by atoms with Crippen LogP contribution in [0.25, 0.3) is 0 Å². The third kappa shape index (κ3) is 3.28. The molecule has 1 aliphatic rings. The van der Waals surface area contributed by atoms with E-state index in [0.717, 1.165) is 24.8 Å². The van der Waals surface area contributed by atoms with Gasteiger partial charge in [0.2, 0.25) is 5.91 Å². The molecule has 1 fully saturated rings. The molecule has 0 spiro atoms. The molecule has 19 heavy (non-hydrogen) atoms. The van der Waals surface area contributed by atoms with Crippen molar-refractivity contribution in [1.29, 1.82) is 0 Å². The van der Waals surface area contributed by atoms with Crippen LogP contribution in [0.15, 0.2) is 24.3 Å². The van der Waals surface area contributed by atoms with Crippen LogP contribution in [0.1, 0.15) is 37.8 Å². The van der Waals surface area contributed by atoms with Crippen LogP contribution in [0.4, 0.5) is 0 Å². The maximum absolute atomic E-state index is 12.4. The van der Waals surface area contributed by atoms with Gasteiger partial charge in [-0.3, -0.25) is 4.79 Å². The Morgan fingerprint density at radius 3 is 2.53 bits per heavy atom. The van der Waals surface area contributed by atoms with Crippen molar-refractivity contribution in [1.82, 2.24) is 4.90 Å². The van der Waals surface area contributed by atoms with Gasteiger partial charge in [-0.2, -0.15) is 0 Å². The topological polar surface area (TPSA) is 46.3 Å². The van der Waals surface area contributed by atoms with E-state index in [1.807, 2.05) is 43.1 Å². The average molecular weight is 281 g/mol. The highest BCUT2D eigenvalue weighted by Gasteiger charge is 2.31. The predicted molar refractivity (Wildman–Crippen MR) is 78.0 cm³/mol. The van der Waals surface area contributed by atoms with Crippen LogP contribution in [-0.4, -0.2) is 23.9 Å². The molecule has 0 saturated heterocycles. The van der Waals surface area contributed by atoms with Crippen molar-refractivity contribution >= 4 is 17.5 Å². The third-order valence-corrected chi connectivity index (χ3v) is 4.36. The largest absolute Gasteiger partial charge is 0.339 e. The van der Waals surface area contributed by atoms with Crippen LogP contribution in [0.3, 0.4) is 0 Å². The summed E-state index contributed by atoms with van der Waals surface area (Å²) in [4.78, 5) is 14.2. The van der Waals surface area contributed by atoms with Gasteiger partial charge in [-0.15, -0.1) is 0 Å². The SMILES string of the molecule is CC(c1ccc(Cl)cc1)N(C)C(=O)C1CCC(N)C1. The molecule has 1 amide bonds. The highest BCUT2D eigenvalue weighted by molar-refractivity contribution is 6.30. The molecule has 1 aromatic rings. The molecule has 0 aromatic heterocycles. The number of halogens is 1. The first-order valence-corrected chi connectivity index (χ1v) is 7.14. The molecule has 4 heteroatoms. The van der Waals surface area contributed by atoms with Crippen molar-refractivity contribution < 1.29 is 4.79 Å². The van der Waals surface area contributed by atoms with Crippen LogP contribution in [0.5, 0.6) is 0 Å². The summed E-state index contributed by atoms with van der Waals surface area (Å²) in [5.41, 5.74) is 6.98. The number of nitrogens with zero attached hydrogens (tertiary/aromatic N) is 1. The summed E-state index contributed by atoms with van der Waals surface area (Å²) >= 11 is 5.88. The summed E-state index contributed by atoms with van der Waals surface area (Å²) in [5.74, 6) is 0.296. The molecule has 0 bridgehead atoms. The summed E-state index contributed by atoms with van der Waals surface area (Å²) in [5, 5.41) is 0.715. The van der Waals surface area contributed by atoms with E-state index in [-0.39, 0.29) is 23.9 Å². The van der Waals surface area contributed by atoms with Gasteiger partial charge in [-0.1, -0.05) is 23.7 Å². The van der Waals surface area contributed by atoms with Crippen LogP contribution in [0.2, 0.25) is 5.02 Å². The molecular formula is C15H21ClN2O. The molecule has 2 N–H and O–H groups in total. The van der Waals surface area contributed by atoms with E-state index in [4.69, 9.17) is 17.3 Å². The number of nitrogens with two attached hydrogens (primary N) is 1. The Kier molecular flexibility index (Phi) is 4.48. The smallest absolute Gasteiger partial charge is 0.225 e. The Morgan fingerprint density at radius 2 is 2.00 bits per heavy atom. The zero-order valence-corrected chi connectivity index (χ0v) is 12.2. The first-order chi connectivity index (χ1) is 8.99. The van der Waals surface area contributed by atoms with Crippen LogP contribution >= 0.6 is 11.6 Å². The van der Waals surface area contributed by atoms with Gasteiger partial charge in [0, 0.05) is 24.0 Å². The monoisotopic (exact) mass is 280 g/mol. The van der Waals surface area contributed by atoms with Crippen molar-refractivity contribution in [3.63, 3.8) is 0 Å². The summed E-state index contributed by atoms with van der Waals surface area (Å²) < 4.78 is 0. The van der Waals surface area contributed by atoms with Gasteiger partial charge in [0.25, 0.3) is 0 Å². The van der Waals surface area contributed by atoms with E-state index in [9.17, 15) is 4.79 Å². The van der Waals surface area contributed by atoms with Gasteiger partial charge in [0.1, 0.15) is 0 Å². The summed E-state index contributed by atoms with van der Waals surface area (Å²) in [7, 11) is 1.87. The number of benzene rings is 1. The van der Waals surface area contributed by atoms with Gasteiger partial charge in [-0.05, 0) is 43.9 Å². The lowest BCUT2D eigenvalue weighted by molar-refractivity contribution is -0.136. The minimum atomic E-state index is 0.0570. The third-order valence-electron chi connectivity index (χ3n) is 4.10. The fourth-order valence-corrected chi connectivity index (χ4v) is 2.81. The van der Waals surface area contributed by atoms with Crippen LogP contribution in [-0.2, 0) is 4.79 Å². The highest BCUT2D eigenvalue weighted by atomic mass is 35.5. The second-order valence-electron chi connectivity index (χ2n) is 5.45. The maximum Gasteiger partial charge on any atom is 0.225 e. The fourth-order valence-electron chi connectivity index (χ4n) is 2.68. The van der Waals surface area contributed by atoms with Crippen molar-refractivity contribution in [3.8, 4) is 0 Å². The Hall–Kier alpha value is -1.06. The fraction of sp³-hybridized carbons (Fsp3) is 0.533. The first kappa shape index (κ1) is 14.4. The summed E-state index contributed by atoms with van der Waals surface area (Å²) in [6.07, 6.45) is 2.69. The molecule has 2 rings (SSSR count). The van der Waals surface area contributed by atoms with Gasteiger partial charge in [0.05, 0.1) is 6.04 Å². The normalized spacial score (nSPS) is 24.2.